The molecule has 2 aliphatic rings. The summed E-state index contributed by atoms with van der Waals surface area (Å²) in [6.45, 7) is 3.86. The molecule has 6 nitrogen and oxygen atoms in total. The molecule has 1 saturated carbocycles. The van der Waals surface area contributed by atoms with E-state index in [4.69, 9.17) is 16.3 Å². The van der Waals surface area contributed by atoms with E-state index in [0.717, 1.165) is 36.6 Å². The second-order valence-electron chi connectivity index (χ2n) is 9.57. The molecule has 0 amide bonds. The van der Waals surface area contributed by atoms with Crippen LogP contribution in [-0.4, -0.2) is 45.9 Å². The van der Waals surface area contributed by atoms with Crippen molar-refractivity contribution in [3.8, 4) is 17.3 Å². The van der Waals surface area contributed by atoms with Crippen LogP contribution in [0.15, 0.2) is 42.6 Å². The predicted molar refractivity (Wildman–Crippen MR) is 135 cm³/mol. The number of halogens is 2. The fourth-order valence-corrected chi connectivity index (χ4v) is 5.89. The summed E-state index contributed by atoms with van der Waals surface area (Å²) in [5.74, 6) is 0.663. The number of nitrogens with zero attached hydrogens (tertiary/aromatic N) is 4. The number of ether oxygens (including phenoxy) is 1. The lowest BCUT2D eigenvalue weighted by Crippen LogP contribution is -2.38. The Hall–Kier alpha value is -3.03. The lowest BCUT2D eigenvalue weighted by molar-refractivity contribution is 0.137. The molecule has 1 saturated heterocycles. The van der Waals surface area contributed by atoms with Gasteiger partial charge in [0.05, 0.1) is 18.1 Å². The first-order chi connectivity index (χ1) is 17.0. The molecule has 0 spiro atoms. The molecule has 1 unspecified atom stereocenters. The molecule has 6 rings (SSSR count). The second kappa shape index (κ2) is 8.88. The van der Waals surface area contributed by atoms with Crippen LogP contribution in [0.4, 0.5) is 10.2 Å². The lowest BCUT2D eigenvalue weighted by atomic mass is 9.98. The van der Waals surface area contributed by atoms with Crippen molar-refractivity contribution in [2.75, 3.05) is 24.6 Å². The van der Waals surface area contributed by atoms with Crippen molar-refractivity contribution in [2.45, 2.75) is 32.3 Å². The van der Waals surface area contributed by atoms with Crippen molar-refractivity contribution in [2.24, 2.45) is 11.8 Å². The molecule has 35 heavy (non-hydrogen) atoms. The normalized spacial score (nSPS) is 21.7. The van der Waals surface area contributed by atoms with Gasteiger partial charge in [0.25, 0.3) is 0 Å². The lowest BCUT2D eigenvalue weighted by Gasteiger charge is -2.33. The van der Waals surface area contributed by atoms with Gasteiger partial charge in [-0.2, -0.15) is 9.97 Å². The van der Waals surface area contributed by atoms with Gasteiger partial charge in [-0.3, -0.25) is 4.98 Å². The first-order valence-corrected chi connectivity index (χ1v) is 12.5. The summed E-state index contributed by atoms with van der Waals surface area (Å²) < 4.78 is 22.0. The fraction of sp³-hybridized carbons (Fsp3) is 0.370. The third-order valence-corrected chi connectivity index (χ3v) is 7.49. The van der Waals surface area contributed by atoms with Gasteiger partial charge in [0.15, 0.2) is 5.82 Å². The van der Waals surface area contributed by atoms with Gasteiger partial charge < -0.3 is 14.7 Å². The average molecular weight is 493 g/mol. The summed E-state index contributed by atoms with van der Waals surface area (Å²) in [7, 11) is 0. The summed E-state index contributed by atoms with van der Waals surface area (Å²) in [5.41, 5.74) is 0.980. The van der Waals surface area contributed by atoms with Gasteiger partial charge in [-0.1, -0.05) is 48.9 Å². The molecule has 2 fully saturated rings. The molecule has 1 aliphatic heterocycles. The number of hydrogen-bond donors (Lipinski definition) is 1. The van der Waals surface area contributed by atoms with Gasteiger partial charge in [0.2, 0.25) is 0 Å². The van der Waals surface area contributed by atoms with Crippen molar-refractivity contribution in [3.05, 3.63) is 53.4 Å². The van der Waals surface area contributed by atoms with Crippen molar-refractivity contribution in [1.82, 2.24) is 15.0 Å². The standard InChI is InChI=1S/C27H26ClFN4O2/c1-2-9-35-27-31-25-19(26(32-27)33-13-15-10-17(14-33)21(34)11-15)12-30-24(23(25)29)18-7-3-5-16-6-4-8-20(28)22(16)18/h3-8,12,15,17,21,34H,2,9-11,13-14H2,1H3/t15-,17?,21-/m1/s1. The van der Waals surface area contributed by atoms with Crippen LogP contribution in [0.5, 0.6) is 6.01 Å². The van der Waals surface area contributed by atoms with Crippen LogP contribution in [0.2, 0.25) is 5.02 Å². The highest BCUT2D eigenvalue weighted by Crippen LogP contribution is 2.41. The number of anilines is 1. The van der Waals surface area contributed by atoms with Crippen LogP contribution < -0.4 is 9.64 Å². The Morgan fingerprint density at radius 2 is 1.97 bits per heavy atom. The number of aliphatic hydroxyl groups excluding tert-OH is 1. The molecule has 8 heteroatoms. The zero-order valence-electron chi connectivity index (χ0n) is 19.4. The zero-order valence-corrected chi connectivity index (χ0v) is 20.2. The van der Waals surface area contributed by atoms with E-state index in [-0.39, 0.29) is 29.2 Å². The first-order valence-electron chi connectivity index (χ1n) is 12.1. The SMILES string of the molecule is CCCOc1nc(N2CC3C[C@H](C[C@H]3O)C2)c2cnc(-c3cccc4cccc(Cl)c34)c(F)c2n1. The summed E-state index contributed by atoms with van der Waals surface area (Å²) in [6.07, 6.45) is 3.94. The van der Waals surface area contributed by atoms with Crippen LogP contribution in [0, 0.1) is 17.7 Å². The van der Waals surface area contributed by atoms with Crippen LogP contribution in [0.1, 0.15) is 26.2 Å². The van der Waals surface area contributed by atoms with E-state index in [1.165, 1.54) is 0 Å². The predicted octanol–water partition coefficient (Wildman–Crippen LogP) is 5.63. The molecule has 3 atom stereocenters. The van der Waals surface area contributed by atoms with Crippen molar-refractivity contribution in [3.63, 3.8) is 0 Å². The third-order valence-electron chi connectivity index (χ3n) is 7.18. The molecule has 1 N–H and O–H groups in total. The van der Waals surface area contributed by atoms with E-state index in [1.807, 2.05) is 37.3 Å². The van der Waals surface area contributed by atoms with Gasteiger partial charge in [-0.05, 0) is 36.6 Å². The highest BCUT2D eigenvalue weighted by molar-refractivity contribution is 6.36. The Kier molecular flexibility index (Phi) is 5.69. The van der Waals surface area contributed by atoms with Crippen molar-refractivity contribution >= 4 is 39.1 Å². The second-order valence-corrected chi connectivity index (χ2v) is 9.98. The summed E-state index contributed by atoms with van der Waals surface area (Å²) >= 11 is 6.51. The molecule has 0 radical (unpaired) electrons. The highest BCUT2D eigenvalue weighted by atomic mass is 35.5. The fourth-order valence-electron chi connectivity index (χ4n) is 5.60. The Bertz CT molecular complexity index is 1420. The molecule has 2 aromatic heterocycles. The number of rotatable bonds is 5. The monoisotopic (exact) mass is 492 g/mol. The number of fused-ring (bicyclic) bond motifs is 4. The molecule has 4 aromatic rings. The van der Waals surface area contributed by atoms with E-state index in [0.29, 0.717) is 40.9 Å². The molecular weight excluding hydrogens is 467 g/mol. The van der Waals surface area contributed by atoms with E-state index in [2.05, 4.69) is 19.9 Å². The molecular formula is C27H26ClFN4O2. The Labute approximate surface area is 207 Å². The van der Waals surface area contributed by atoms with Crippen LogP contribution >= 0.6 is 11.6 Å². The van der Waals surface area contributed by atoms with E-state index in [9.17, 15) is 5.11 Å². The summed E-state index contributed by atoms with van der Waals surface area (Å²) in [5, 5.41) is 13.1. The van der Waals surface area contributed by atoms with Gasteiger partial charge in [0.1, 0.15) is 17.0 Å². The minimum Gasteiger partial charge on any atom is -0.463 e. The smallest absolute Gasteiger partial charge is 0.319 e. The molecule has 3 heterocycles. The number of aliphatic hydroxyl groups is 1. The van der Waals surface area contributed by atoms with E-state index < -0.39 is 5.82 Å². The quantitative estimate of drug-likeness (QED) is 0.389. The molecule has 2 aromatic carbocycles. The van der Waals surface area contributed by atoms with Gasteiger partial charge in [0, 0.05) is 41.2 Å². The Morgan fingerprint density at radius 1 is 1.14 bits per heavy atom. The summed E-state index contributed by atoms with van der Waals surface area (Å²) in [4.78, 5) is 15.8. The Balaban J connectivity index is 1.53. The average Bonchev–Trinajstić information content (AvgIpc) is 3.13. The minimum atomic E-state index is -0.528. The first kappa shape index (κ1) is 22.4. The number of piperidine rings is 1. The number of pyridine rings is 1. The minimum absolute atomic E-state index is 0.153. The molecule has 1 aliphatic carbocycles. The van der Waals surface area contributed by atoms with Crippen LogP contribution in [0.3, 0.4) is 0 Å². The maximum atomic E-state index is 16.2. The van der Waals surface area contributed by atoms with Gasteiger partial charge in [-0.15, -0.1) is 0 Å². The van der Waals surface area contributed by atoms with Crippen LogP contribution in [-0.2, 0) is 0 Å². The number of benzene rings is 2. The van der Waals surface area contributed by atoms with E-state index >= 15 is 4.39 Å². The van der Waals surface area contributed by atoms with E-state index in [1.54, 1.807) is 12.3 Å². The van der Waals surface area contributed by atoms with Crippen LogP contribution in [0.25, 0.3) is 32.9 Å². The zero-order chi connectivity index (χ0) is 24.1. The summed E-state index contributed by atoms with van der Waals surface area (Å²) in [6, 6.07) is 11.4. The molecule has 180 valence electrons. The van der Waals surface area contributed by atoms with Gasteiger partial charge in [-0.25, -0.2) is 4.39 Å². The molecule has 2 bridgehead atoms. The maximum absolute atomic E-state index is 16.2. The number of hydrogen-bond acceptors (Lipinski definition) is 6. The maximum Gasteiger partial charge on any atom is 0.319 e. The largest absolute Gasteiger partial charge is 0.463 e. The number of aromatic nitrogens is 3. The Morgan fingerprint density at radius 3 is 2.77 bits per heavy atom. The van der Waals surface area contributed by atoms with Crippen molar-refractivity contribution in [1.29, 1.82) is 0 Å². The topological polar surface area (TPSA) is 71.4 Å². The van der Waals surface area contributed by atoms with Crippen molar-refractivity contribution < 1.29 is 14.2 Å². The third kappa shape index (κ3) is 3.87. The van der Waals surface area contributed by atoms with Gasteiger partial charge >= 0.3 is 6.01 Å². The highest BCUT2D eigenvalue weighted by Gasteiger charge is 2.40.